The van der Waals surface area contributed by atoms with E-state index in [0.717, 1.165) is 12.2 Å². The lowest BCUT2D eigenvalue weighted by Crippen LogP contribution is -2.32. The summed E-state index contributed by atoms with van der Waals surface area (Å²) in [5, 5.41) is 19.4. The number of aliphatic hydroxyl groups is 1. The van der Waals surface area contributed by atoms with Crippen molar-refractivity contribution in [1.29, 1.82) is 0 Å². The van der Waals surface area contributed by atoms with Gasteiger partial charge in [0, 0.05) is 37.0 Å². The number of hydrogen-bond acceptors (Lipinski definition) is 4. The van der Waals surface area contributed by atoms with E-state index in [2.05, 4.69) is 18.7 Å². The minimum absolute atomic E-state index is 0.0969. The highest BCUT2D eigenvalue weighted by Crippen LogP contribution is 2.21. The molecule has 0 spiro atoms. The van der Waals surface area contributed by atoms with Gasteiger partial charge < -0.3 is 10.0 Å². The number of non-ortho nitro benzene ring substituents is 1. The van der Waals surface area contributed by atoms with Crippen LogP contribution in [0.25, 0.3) is 0 Å². The van der Waals surface area contributed by atoms with E-state index in [-0.39, 0.29) is 12.3 Å². The molecule has 1 rings (SSSR count). The number of aliphatic hydroxyl groups excluding tert-OH is 1. The maximum absolute atomic E-state index is 10.5. The second kappa shape index (κ2) is 6.20. The van der Waals surface area contributed by atoms with Gasteiger partial charge in [0.25, 0.3) is 5.69 Å². The van der Waals surface area contributed by atoms with Gasteiger partial charge >= 0.3 is 0 Å². The molecule has 5 nitrogen and oxygen atoms in total. The monoisotopic (exact) mass is 238 g/mol. The molecule has 0 aliphatic rings. The van der Waals surface area contributed by atoms with Crippen LogP contribution in [0, 0.1) is 10.1 Å². The van der Waals surface area contributed by atoms with Gasteiger partial charge in [0.2, 0.25) is 0 Å². The highest BCUT2D eigenvalue weighted by atomic mass is 16.6. The van der Waals surface area contributed by atoms with Gasteiger partial charge in [-0.05, 0) is 32.4 Å². The molecule has 17 heavy (non-hydrogen) atoms. The molecular weight excluding hydrogens is 220 g/mol. The number of nitrogens with zero attached hydrogens (tertiary/aromatic N) is 2. The fraction of sp³-hybridized carbons (Fsp3) is 0.500. The van der Waals surface area contributed by atoms with Gasteiger partial charge in [-0.1, -0.05) is 0 Å². The Morgan fingerprint density at radius 2 is 1.94 bits per heavy atom. The first kappa shape index (κ1) is 13.4. The summed E-state index contributed by atoms with van der Waals surface area (Å²) in [5.74, 6) is 0. The molecule has 0 aromatic heterocycles. The Morgan fingerprint density at radius 3 is 2.35 bits per heavy atom. The molecule has 0 fully saturated rings. The number of anilines is 1. The topological polar surface area (TPSA) is 66.6 Å². The lowest BCUT2D eigenvalue weighted by molar-refractivity contribution is -0.384. The van der Waals surface area contributed by atoms with Crippen LogP contribution in [0.15, 0.2) is 24.3 Å². The predicted octanol–water partition coefficient (Wildman–Crippen LogP) is 2.19. The van der Waals surface area contributed by atoms with E-state index in [9.17, 15) is 10.1 Å². The Bertz CT molecular complexity index is 363. The van der Waals surface area contributed by atoms with E-state index in [1.54, 1.807) is 12.1 Å². The summed E-state index contributed by atoms with van der Waals surface area (Å²) >= 11 is 0. The maximum atomic E-state index is 10.5. The van der Waals surface area contributed by atoms with Gasteiger partial charge in [0.15, 0.2) is 0 Å². The van der Waals surface area contributed by atoms with E-state index in [1.165, 1.54) is 12.1 Å². The van der Waals surface area contributed by atoms with Crippen LogP contribution in [0.5, 0.6) is 0 Å². The number of benzene rings is 1. The Labute approximate surface area is 101 Å². The smallest absolute Gasteiger partial charge is 0.269 e. The zero-order valence-corrected chi connectivity index (χ0v) is 10.2. The molecule has 0 aliphatic carbocycles. The van der Waals surface area contributed by atoms with Crippen LogP contribution in [0.4, 0.5) is 11.4 Å². The van der Waals surface area contributed by atoms with Gasteiger partial charge in [0.05, 0.1) is 4.92 Å². The first-order valence-corrected chi connectivity index (χ1v) is 5.68. The van der Waals surface area contributed by atoms with E-state index < -0.39 is 4.92 Å². The van der Waals surface area contributed by atoms with Crippen LogP contribution >= 0.6 is 0 Å². The van der Waals surface area contributed by atoms with E-state index >= 15 is 0 Å². The van der Waals surface area contributed by atoms with Crippen molar-refractivity contribution >= 4 is 11.4 Å². The van der Waals surface area contributed by atoms with Crippen LogP contribution in [-0.2, 0) is 0 Å². The third-order valence-corrected chi connectivity index (χ3v) is 2.57. The zero-order chi connectivity index (χ0) is 12.8. The van der Waals surface area contributed by atoms with E-state index in [1.807, 2.05) is 0 Å². The molecule has 0 radical (unpaired) electrons. The third-order valence-electron chi connectivity index (χ3n) is 2.57. The highest BCUT2D eigenvalue weighted by molar-refractivity contribution is 5.51. The first-order chi connectivity index (χ1) is 8.06. The van der Waals surface area contributed by atoms with Crippen LogP contribution in [0.2, 0.25) is 0 Å². The fourth-order valence-electron chi connectivity index (χ4n) is 1.69. The Kier molecular flexibility index (Phi) is 4.90. The Morgan fingerprint density at radius 1 is 1.35 bits per heavy atom. The number of nitro benzene ring substituents is 1. The molecule has 1 aromatic rings. The molecule has 1 N–H and O–H groups in total. The minimum atomic E-state index is -0.406. The average molecular weight is 238 g/mol. The molecule has 0 aliphatic heterocycles. The summed E-state index contributed by atoms with van der Waals surface area (Å²) in [6.07, 6.45) is 0.690. The van der Waals surface area contributed by atoms with Gasteiger partial charge in [-0.2, -0.15) is 0 Å². The summed E-state index contributed by atoms with van der Waals surface area (Å²) in [5.41, 5.74) is 1.04. The van der Waals surface area contributed by atoms with Crippen molar-refractivity contribution in [2.75, 3.05) is 18.1 Å². The summed E-state index contributed by atoms with van der Waals surface area (Å²) in [6, 6.07) is 6.79. The Hall–Kier alpha value is -1.62. The molecule has 0 bridgehead atoms. The second-order valence-corrected chi connectivity index (χ2v) is 4.14. The first-order valence-electron chi connectivity index (χ1n) is 5.68. The van der Waals surface area contributed by atoms with Gasteiger partial charge in [-0.15, -0.1) is 0 Å². The number of rotatable bonds is 6. The van der Waals surface area contributed by atoms with Crippen molar-refractivity contribution in [2.45, 2.75) is 26.3 Å². The van der Waals surface area contributed by atoms with Gasteiger partial charge in [0.1, 0.15) is 0 Å². The SMILES string of the molecule is CC(C)N(CCCO)c1ccc([N+](=O)[O-])cc1. The van der Waals surface area contributed by atoms with Crippen molar-refractivity contribution in [1.82, 2.24) is 0 Å². The number of hydrogen-bond donors (Lipinski definition) is 1. The average Bonchev–Trinajstić information content (AvgIpc) is 2.29. The quantitative estimate of drug-likeness (QED) is 0.609. The normalized spacial score (nSPS) is 10.6. The summed E-state index contributed by atoms with van der Waals surface area (Å²) in [4.78, 5) is 12.3. The second-order valence-electron chi connectivity index (χ2n) is 4.14. The molecule has 0 saturated heterocycles. The van der Waals surface area contributed by atoms with Crippen LogP contribution in [0.3, 0.4) is 0 Å². The summed E-state index contributed by atoms with van der Waals surface area (Å²) in [6.45, 7) is 5.00. The van der Waals surface area contributed by atoms with E-state index in [4.69, 9.17) is 5.11 Å². The summed E-state index contributed by atoms with van der Waals surface area (Å²) < 4.78 is 0. The largest absolute Gasteiger partial charge is 0.396 e. The van der Waals surface area contributed by atoms with Crippen molar-refractivity contribution in [3.8, 4) is 0 Å². The van der Waals surface area contributed by atoms with Gasteiger partial charge in [-0.25, -0.2) is 0 Å². The van der Waals surface area contributed by atoms with Crippen molar-refractivity contribution in [3.05, 3.63) is 34.4 Å². The van der Waals surface area contributed by atoms with Crippen LogP contribution < -0.4 is 4.90 Å². The maximum Gasteiger partial charge on any atom is 0.269 e. The molecule has 0 atom stereocenters. The lowest BCUT2D eigenvalue weighted by atomic mass is 10.2. The fourth-order valence-corrected chi connectivity index (χ4v) is 1.69. The van der Waals surface area contributed by atoms with Crippen molar-refractivity contribution < 1.29 is 10.0 Å². The molecule has 5 heteroatoms. The highest BCUT2D eigenvalue weighted by Gasteiger charge is 2.11. The molecule has 1 aromatic carbocycles. The molecule has 94 valence electrons. The lowest BCUT2D eigenvalue weighted by Gasteiger charge is -2.28. The molecule has 0 unspecified atom stereocenters. The Balaban J connectivity index is 2.83. The summed E-state index contributed by atoms with van der Waals surface area (Å²) in [7, 11) is 0. The molecule has 0 amide bonds. The van der Waals surface area contributed by atoms with Gasteiger partial charge in [-0.3, -0.25) is 10.1 Å². The van der Waals surface area contributed by atoms with Crippen molar-refractivity contribution in [3.63, 3.8) is 0 Å². The van der Waals surface area contributed by atoms with Crippen LogP contribution in [0.1, 0.15) is 20.3 Å². The van der Waals surface area contributed by atoms with E-state index in [0.29, 0.717) is 12.5 Å². The molecule has 0 heterocycles. The predicted molar refractivity (Wildman–Crippen MR) is 67.3 cm³/mol. The molecule has 0 saturated carbocycles. The van der Waals surface area contributed by atoms with Crippen LogP contribution in [-0.4, -0.2) is 29.2 Å². The standard InChI is InChI=1S/C12H18N2O3/c1-10(2)13(8-3-9-15)11-4-6-12(7-5-11)14(16)17/h4-7,10,15H,3,8-9H2,1-2H3. The molecular formula is C12H18N2O3. The third kappa shape index (κ3) is 3.71. The minimum Gasteiger partial charge on any atom is -0.396 e. The number of nitro groups is 1. The van der Waals surface area contributed by atoms with Crippen molar-refractivity contribution in [2.24, 2.45) is 0 Å². The zero-order valence-electron chi connectivity index (χ0n) is 10.2.